The maximum absolute atomic E-state index is 9.52. The predicted molar refractivity (Wildman–Crippen MR) is 83.2 cm³/mol. The minimum absolute atomic E-state index is 0.00844. The second-order valence-corrected chi connectivity index (χ2v) is 7.30. The van der Waals surface area contributed by atoms with Gasteiger partial charge in [0, 0.05) is 37.6 Å². The minimum Gasteiger partial charge on any atom is -0.444 e. The molecule has 1 aliphatic heterocycles. The van der Waals surface area contributed by atoms with Crippen molar-refractivity contribution < 1.29 is 9.52 Å². The van der Waals surface area contributed by atoms with Crippen molar-refractivity contribution in [3.05, 3.63) is 17.8 Å². The van der Waals surface area contributed by atoms with Crippen LogP contribution in [0.1, 0.15) is 46.3 Å². The third-order valence-corrected chi connectivity index (χ3v) is 4.00. The van der Waals surface area contributed by atoms with E-state index in [-0.39, 0.29) is 11.5 Å². The summed E-state index contributed by atoms with van der Waals surface area (Å²) in [6.45, 7) is 14.9. The number of aliphatic hydroxyl groups is 1. The van der Waals surface area contributed by atoms with Crippen molar-refractivity contribution in [3.8, 4) is 0 Å². The van der Waals surface area contributed by atoms with Crippen LogP contribution in [0.3, 0.4) is 0 Å². The van der Waals surface area contributed by atoms with Gasteiger partial charge in [-0.15, -0.1) is 0 Å². The van der Waals surface area contributed by atoms with Crippen LogP contribution in [0.25, 0.3) is 0 Å². The average molecular weight is 295 g/mol. The van der Waals surface area contributed by atoms with Crippen molar-refractivity contribution in [1.82, 2.24) is 14.8 Å². The van der Waals surface area contributed by atoms with Gasteiger partial charge in [-0.1, -0.05) is 20.8 Å². The van der Waals surface area contributed by atoms with Gasteiger partial charge in [0.05, 0.1) is 18.8 Å². The minimum atomic E-state index is -0.264. The Hall–Kier alpha value is -0.910. The van der Waals surface area contributed by atoms with Gasteiger partial charge in [0.15, 0.2) is 0 Å². The molecule has 0 unspecified atom stereocenters. The molecule has 0 saturated carbocycles. The van der Waals surface area contributed by atoms with Crippen LogP contribution in [0, 0.1) is 0 Å². The fourth-order valence-corrected chi connectivity index (χ4v) is 2.75. The van der Waals surface area contributed by atoms with Crippen molar-refractivity contribution >= 4 is 0 Å². The van der Waals surface area contributed by atoms with E-state index in [1.54, 1.807) is 0 Å². The molecule has 120 valence electrons. The topological polar surface area (TPSA) is 52.7 Å². The van der Waals surface area contributed by atoms with E-state index in [9.17, 15) is 5.11 Å². The zero-order valence-electron chi connectivity index (χ0n) is 14.0. The van der Waals surface area contributed by atoms with Crippen LogP contribution < -0.4 is 0 Å². The van der Waals surface area contributed by atoms with Gasteiger partial charge in [-0.3, -0.25) is 9.80 Å². The summed E-state index contributed by atoms with van der Waals surface area (Å²) in [6.07, 6.45) is 1.59. The summed E-state index contributed by atoms with van der Waals surface area (Å²) in [5.74, 6) is 1.74. The highest BCUT2D eigenvalue weighted by Gasteiger charge is 2.26. The SMILES string of the molecule is C[C@H](O)CN1CCN(Cc2ncc(C(C)(C)C)o2)C[C@@H]1C. The molecule has 2 atom stereocenters. The van der Waals surface area contributed by atoms with Crippen molar-refractivity contribution in [3.63, 3.8) is 0 Å². The smallest absolute Gasteiger partial charge is 0.208 e. The first kappa shape index (κ1) is 16.5. The Balaban J connectivity index is 1.89. The van der Waals surface area contributed by atoms with Crippen LogP contribution in [0.4, 0.5) is 0 Å². The van der Waals surface area contributed by atoms with Gasteiger partial charge in [-0.2, -0.15) is 0 Å². The zero-order valence-corrected chi connectivity index (χ0v) is 14.0. The quantitative estimate of drug-likeness (QED) is 0.919. The van der Waals surface area contributed by atoms with Gasteiger partial charge in [-0.25, -0.2) is 4.98 Å². The van der Waals surface area contributed by atoms with Gasteiger partial charge in [0.2, 0.25) is 5.89 Å². The van der Waals surface area contributed by atoms with Crippen LogP contribution in [0.5, 0.6) is 0 Å². The van der Waals surface area contributed by atoms with Crippen molar-refractivity contribution in [2.24, 2.45) is 0 Å². The lowest BCUT2D eigenvalue weighted by Crippen LogP contribution is -2.53. The molecular weight excluding hydrogens is 266 g/mol. The van der Waals surface area contributed by atoms with Crippen LogP contribution in [0.15, 0.2) is 10.6 Å². The normalized spacial score (nSPS) is 23.4. The standard InChI is InChI=1S/C16H29N3O2/c1-12-9-18(6-7-19(12)10-13(2)20)11-15-17-8-14(21-15)16(3,4)5/h8,12-13,20H,6-7,9-11H2,1-5H3/t12-,13-/m0/s1. The summed E-state index contributed by atoms with van der Waals surface area (Å²) in [5, 5.41) is 9.52. The number of aromatic nitrogens is 1. The van der Waals surface area contributed by atoms with Gasteiger partial charge >= 0.3 is 0 Å². The Morgan fingerprint density at radius 2 is 2.14 bits per heavy atom. The number of hydrogen-bond acceptors (Lipinski definition) is 5. The molecule has 0 aromatic carbocycles. The molecule has 1 fully saturated rings. The van der Waals surface area contributed by atoms with Crippen LogP contribution >= 0.6 is 0 Å². The number of oxazole rings is 1. The zero-order chi connectivity index (χ0) is 15.6. The molecule has 0 amide bonds. The Bertz CT molecular complexity index is 451. The van der Waals surface area contributed by atoms with Gasteiger partial charge in [0.25, 0.3) is 0 Å². The van der Waals surface area contributed by atoms with Crippen molar-refractivity contribution in [2.45, 2.75) is 58.7 Å². The number of nitrogens with zero attached hydrogens (tertiary/aromatic N) is 3. The van der Waals surface area contributed by atoms with Crippen molar-refractivity contribution in [2.75, 3.05) is 26.2 Å². The van der Waals surface area contributed by atoms with E-state index >= 15 is 0 Å². The number of piperazine rings is 1. The van der Waals surface area contributed by atoms with E-state index in [1.807, 2.05) is 13.1 Å². The molecule has 1 aromatic heterocycles. The first-order valence-electron chi connectivity index (χ1n) is 7.85. The molecule has 0 aliphatic carbocycles. The molecule has 1 N–H and O–H groups in total. The number of rotatable bonds is 4. The molecule has 1 aliphatic rings. The summed E-state index contributed by atoms with van der Waals surface area (Å²) in [6, 6.07) is 0.449. The van der Waals surface area contributed by atoms with Crippen LogP contribution in [0.2, 0.25) is 0 Å². The van der Waals surface area contributed by atoms with Crippen molar-refractivity contribution in [1.29, 1.82) is 0 Å². The first-order valence-corrected chi connectivity index (χ1v) is 7.85. The Morgan fingerprint density at radius 3 is 2.67 bits per heavy atom. The molecule has 5 heteroatoms. The molecular formula is C16H29N3O2. The average Bonchev–Trinajstić information content (AvgIpc) is 2.80. The summed E-state index contributed by atoms with van der Waals surface area (Å²) in [4.78, 5) is 9.13. The lowest BCUT2D eigenvalue weighted by Gasteiger charge is -2.39. The lowest BCUT2D eigenvalue weighted by molar-refractivity contribution is 0.0390. The first-order chi connectivity index (χ1) is 9.75. The van der Waals surface area contributed by atoms with Gasteiger partial charge in [0.1, 0.15) is 5.76 Å². The van der Waals surface area contributed by atoms with Crippen LogP contribution in [-0.4, -0.2) is 58.2 Å². The lowest BCUT2D eigenvalue weighted by atomic mass is 9.94. The highest BCUT2D eigenvalue weighted by Crippen LogP contribution is 2.23. The summed E-state index contributed by atoms with van der Waals surface area (Å²) in [7, 11) is 0. The van der Waals surface area contributed by atoms with E-state index < -0.39 is 0 Å². The second kappa shape index (κ2) is 6.46. The molecule has 21 heavy (non-hydrogen) atoms. The molecule has 0 radical (unpaired) electrons. The molecule has 0 spiro atoms. The second-order valence-electron chi connectivity index (χ2n) is 7.30. The highest BCUT2D eigenvalue weighted by atomic mass is 16.4. The molecule has 2 rings (SSSR count). The van der Waals surface area contributed by atoms with Gasteiger partial charge < -0.3 is 9.52 Å². The number of β-amino-alcohol motifs (C(OH)–C–C–N with tert-alkyl or cyclic N) is 1. The van der Waals surface area contributed by atoms with Gasteiger partial charge in [-0.05, 0) is 13.8 Å². The third kappa shape index (κ3) is 4.53. The number of aliphatic hydroxyl groups excluding tert-OH is 1. The summed E-state index contributed by atoms with van der Waals surface area (Å²) < 4.78 is 5.87. The highest BCUT2D eigenvalue weighted by molar-refractivity contribution is 5.06. The predicted octanol–water partition coefficient (Wildman–Crippen LogP) is 1.86. The number of hydrogen-bond donors (Lipinski definition) is 1. The fraction of sp³-hybridized carbons (Fsp3) is 0.812. The van der Waals surface area contributed by atoms with Crippen LogP contribution in [-0.2, 0) is 12.0 Å². The monoisotopic (exact) mass is 295 g/mol. The molecule has 1 aromatic rings. The largest absolute Gasteiger partial charge is 0.444 e. The maximum atomic E-state index is 9.52. The van der Waals surface area contributed by atoms with E-state index in [2.05, 4.69) is 42.5 Å². The summed E-state index contributed by atoms with van der Waals surface area (Å²) >= 11 is 0. The molecule has 1 saturated heterocycles. The van der Waals surface area contributed by atoms with E-state index in [1.165, 1.54) is 0 Å². The molecule has 0 bridgehead atoms. The Morgan fingerprint density at radius 1 is 1.43 bits per heavy atom. The van der Waals surface area contributed by atoms with E-state index in [0.717, 1.165) is 44.4 Å². The Kier molecular flexibility index (Phi) is 5.07. The maximum Gasteiger partial charge on any atom is 0.208 e. The third-order valence-electron chi connectivity index (χ3n) is 4.00. The summed E-state index contributed by atoms with van der Waals surface area (Å²) in [5.41, 5.74) is 0.00844. The van der Waals surface area contributed by atoms with E-state index in [0.29, 0.717) is 6.04 Å². The molecule has 2 heterocycles. The fourth-order valence-electron chi connectivity index (χ4n) is 2.75. The molecule has 5 nitrogen and oxygen atoms in total. The Labute approximate surface area is 127 Å². The van der Waals surface area contributed by atoms with E-state index in [4.69, 9.17) is 4.42 Å².